The van der Waals surface area contributed by atoms with Crippen molar-refractivity contribution in [3.63, 3.8) is 0 Å². The van der Waals surface area contributed by atoms with E-state index in [9.17, 15) is 9.59 Å². The Kier molecular flexibility index (Phi) is 4.95. The Labute approximate surface area is 145 Å². The van der Waals surface area contributed by atoms with Crippen molar-refractivity contribution in [2.45, 2.75) is 20.1 Å². The molecule has 0 bridgehead atoms. The fraction of sp³-hybridized carbons (Fsp3) is 0.200. The third kappa shape index (κ3) is 3.61. The molecule has 1 amide bonds. The van der Waals surface area contributed by atoms with Crippen LogP contribution in [0, 0.1) is 6.92 Å². The second-order valence-corrected chi connectivity index (χ2v) is 5.82. The maximum absolute atomic E-state index is 12.5. The van der Waals surface area contributed by atoms with Gasteiger partial charge in [0, 0.05) is 19.0 Å². The molecule has 0 saturated heterocycles. The Morgan fingerprint density at radius 3 is 2.68 bits per heavy atom. The van der Waals surface area contributed by atoms with Crippen LogP contribution in [0.5, 0.6) is 0 Å². The monoisotopic (exact) mass is 337 g/mol. The summed E-state index contributed by atoms with van der Waals surface area (Å²) in [5.74, 6) is -0.436. The summed E-state index contributed by atoms with van der Waals surface area (Å²) in [5.41, 5.74) is 2.49. The minimum absolute atomic E-state index is 0.0479. The van der Waals surface area contributed by atoms with Crippen molar-refractivity contribution in [2.24, 2.45) is 0 Å². The Morgan fingerprint density at radius 2 is 1.88 bits per heavy atom. The SMILES string of the molecule is COCc1cccc(CNC(=O)c2c(C)c3ccccc3oc2=O)c1. The van der Waals surface area contributed by atoms with Crippen LogP contribution in [-0.2, 0) is 17.9 Å². The minimum atomic E-state index is -0.623. The largest absolute Gasteiger partial charge is 0.422 e. The predicted octanol–water partition coefficient (Wildman–Crippen LogP) is 3.18. The van der Waals surface area contributed by atoms with E-state index in [0.29, 0.717) is 24.3 Å². The maximum Gasteiger partial charge on any atom is 0.349 e. The fourth-order valence-corrected chi connectivity index (χ4v) is 2.83. The summed E-state index contributed by atoms with van der Waals surface area (Å²) in [7, 11) is 1.64. The molecule has 0 fully saturated rings. The zero-order chi connectivity index (χ0) is 17.8. The molecule has 5 nitrogen and oxygen atoms in total. The van der Waals surface area contributed by atoms with Crippen LogP contribution < -0.4 is 10.9 Å². The molecule has 128 valence electrons. The average molecular weight is 337 g/mol. The lowest BCUT2D eigenvalue weighted by atomic mass is 10.1. The highest BCUT2D eigenvalue weighted by Gasteiger charge is 2.18. The van der Waals surface area contributed by atoms with Crippen LogP contribution in [0.2, 0.25) is 0 Å². The molecule has 1 aromatic heterocycles. The lowest BCUT2D eigenvalue weighted by molar-refractivity contribution is 0.0946. The van der Waals surface area contributed by atoms with Crippen LogP contribution in [0.1, 0.15) is 27.0 Å². The van der Waals surface area contributed by atoms with Gasteiger partial charge in [-0.05, 0) is 29.7 Å². The van der Waals surface area contributed by atoms with E-state index in [0.717, 1.165) is 16.5 Å². The first kappa shape index (κ1) is 16.9. The Bertz CT molecular complexity index is 975. The quantitative estimate of drug-likeness (QED) is 0.726. The van der Waals surface area contributed by atoms with E-state index in [-0.39, 0.29) is 5.56 Å². The first-order chi connectivity index (χ1) is 12.1. The number of methoxy groups -OCH3 is 1. The van der Waals surface area contributed by atoms with Gasteiger partial charge in [-0.2, -0.15) is 0 Å². The van der Waals surface area contributed by atoms with Crippen LogP contribution in [0.15, 0.2) is 57.7 Å². The molecule has 5 heteroatoms. The average Bonchev–Trinajstić information content (AvgIpc) is 2.61. The molecule has 25 heavy (non-hydrogen) atoms. The van der Waals surface area contributed by atoms with Crippen LogP contribution >= 0.6 is 0 Å². The summed E-state index contributed by atoms with van der Waals surface area (Å²) in [5, 5.41) is 3.55. The number of para-hydroxylation sites is 1. The molecule has 0 unspecified atom stereocenters. The summed E-state index contributed by atoms with van der Waals surface area (Å²) in [6, 6.07) is 14.9. The molecule has 0 saturated carbocycles. The third-order valence-electron chi connectivity index (χ3n) is 4.06. The van der Waals surface area contributed by atoms with Crippen molar-refractivity contribution < 1.29 is 13.9 Å². The van der Waals surface area contributed by atoms with Gasteiger partial charge in [0.15, 0.2) is 0 Å². The molecule has 1 heterocycles. The number of benzene rings is 2. The Morgan fingerprint density at radius 1 is 1.12 bits per heavy atom. The van der Waals surface area contributed by atoms with E-state index in [1.54, 1.807) is 26.2 Å². The summed E-state index contributed by atoms with van der Waals surface area (Å²) in [6.45, 7) is 2.59. The lowest BCUT2D eigenvalue weighted by Gasteiger charge is -2.09. The minimum Gasteiger partial charge on any atom is -0.422 e. The van der Waals surface area contributed by atoms with Gasteiger partial charge in [0.1, 0.15) is 11.1 Å². The van der Waals surface area contributed by atoms with Gasteiger partial charge in [0.25, 0.3) is 5.91 Å². The van der Waals surface area contributed by atoms with E-state index in [1.165, 1.54) is 0 Å². The van der Waals surface area contributed by atoms with Crippen molar-refractivity contribution in [3.05, 3.63) is 81.2 Å². The summed E-state index contributed by atoms with van der Waals surface area (Å²) >= 11 is 0. The molecule has 1 N–H and O–H groups in total. The molecule has 0 aliphatic rings. The Balaban J connectivity index is 1.83. The van der Waals surface area contributed by atoms with Crippen molar-refractivity contribution in [2.75, 3.05) is 7.11 Å². The topological polar surface area (TPSA) is 68.5 Å². The number of fused-ring (bicyclic) bond motifs is 1. The molecule has 0 aliphatic heterocycles. The zero-order valence-corrected chi connectivity index (χ0v) is 14.2. The molecule has 2 aromatic carbocycles. The zero-order valence-electron chi connectivity index (χ0n) is 14.2. The number of ether oxygens (including phenoxy) is 1. The van der Waals surface area contributed by atoms with Gasteiger partial charge in [-0.15, -0.1) is 0 Å². The van der Waals surface area contributed by atoms with Gasteiger partial charge in [-0.25, -0.2) is 4.79 Å². The normalized spacial score (nSPS) is 10.8. The smallest absolute Gasteiger partial charge is 0.349 e. The van der Waals surface area contributed by atoms with Crippen molar-refractivity contribution in [3.8, 4) is 0 Å². The van der Waals surface area contributed by atoms with Crippen molar-refractivity contribution >= 4 is 16.9 Å². The maximum atomic E-state index is 12.5. The lowest BCUT2D eigenvalue weighted by Crippen LogP contribution is -2.29. The van der Waals surface area contributed by atoms with E-state index in [2.05, 4.69) is 5.32 Å². The van der Waals surface area contributed by atoms with Gasteiger partial charge in [0.2, 0.25) is 0 Å². The molecular weight excluding hydrogens is 318 g/mol. The van der Waals surface area contributed by atoms with Crippen molar-refractivity contribution in [1.29, 1.82) is 0 Å². The van der Waals surface area contributed by atoms with Gasteiger partial charge < -0.3 is 14.5 Å². The van der Waals surface area contributed by atoms with Crippen LogP contribution in [0.3, 0.4) is 0 Å². The summed E-state index contributed by atoms with van der Waals surface area (Å²) < 4.78 is 10.4. The van der Waals surface area contributed by atoms with Gasteiger partial charge in [-0.3, -0.25) is 4.79 Å². The number of aryl methyl sites for hydroxylation is 1. The van der Waals surface area contributed by atoms with E-state index in [1.807, 2.05) is 36.4 Å². The first-order valence-corrected chi connectivity index (χ1v) is 7.97. The second-order valence-electron chi connectivity index (χ2n) is 5.82. The number of carbonyl (C=O) groups is 1. The first-order valence-electron chi connectivity index (χ1n) is 7.97. The number of rotatable bonds is 5. The molecule has 0 aliphatic carbocycles. The highest BCUT2D eigenvalue weighted by atomic mass is 16.5. The highest BCUT2D eigenvalue weighted by molar-refractivity contribution is 5.99. The van der Waals surface area contributed by atoms with Crippen molar-refractivity contribution in [1.82, 2.24) is 5.32 Å². The number of hydrogen-bond acceptors (Lipinski definition) is 4. The number of hydrogen-bond donors (Lipinski definition) is 1. The second kappa shape index (κ2) is 7.32. The summed E-state index contributed by atoms with van der Waals surface area (Å²) in [4.78, 5) is 24.7. The highest BCUT2D eigenvalue weighted by Crippen LogP contribution is 2.18. The van der Waals surface area contributed by atoms with Gasteiger partial charge in [-0.1, -0.05) is 42.5 Å². The van der Waals surface area contributed by atoms with Crippen LogP contribution in [0.4, 0.5) is 0 Å². The van der Waals surface area contributed by atoms with Gasteiger partial charge in [0.05, 0.1) is 6.61 Å². The number of carbonyl (C=O) groups excluding carboxylic acids is 1. The van der Waals surface area contributed by atoms with Gasteiger partial charge >= 0.3 is 5.63 Å². The van der Waals surface area contributed by atoms with E-state index in [4.69, 9.17) is 9.15 Å². The van der Waals surface area contributed by atoms with Crippen LogP contribution in [-0.4, -0.2) is 13.0 Å². The fourth-order valence-electron chi connectivity index (χ4n) is 2.83. The van der Waals surface area contributed by atoms with E-state index >= 15 is 0 Å². The molecule has 0 spiro atoms. The van der Waals surface area contributed by atoms with Crippen LogP contribution in [0.25, 0.3) is 11.0 Å². The van der Waals surface area contributed by atoms with E-state index < -0.39 is 11.5 Å². The molecule has 3 aromatic rings. The molecule has 3 rings (SSSR count). The third-order valence-corrected chi connectivity index (χ3v) is 4.06. The number of amides is 1. The predicted molar refractivity (Wildman–Crippen MR) is 95.5 cm³/mol. The molecule has 0 radical (unpaired) electrons. The number of nitrogens with one attached hydrogen (secondary N) is 1. The Hall–Kier alpha value is -2.92. The molecule has 0 atom stereocenters. The standard InChI is InChI=1S/C20H19NO4/c1-13-16-8-3-4-9-17(16)25-20(23)18(13)19(22)21-11-14-6-5-7-15(10-14)12-24-2/h3-10H,11-12H2,1-2H3,(H,21,22). The molecular formula is C20H19NO4. The summed E-state index contributed by atoms with van der Waals surface area (Å²) in [6.07, 6.45) is 0.